The number of hydrogen-bond acceptors (Lipinski definition) is 5. The van der Waals surface area contributed by atoms with E-state index in [1.807, 2.05) is 0 Å². The fourth-order valence-corrected chi connectivity index (χ4v) is 1.85. The van der Waals surface area contributed by atoms with Gasteiger partial charge in [0, 0.05) is 7.05 Å². The van der Waals surface area contributed by atoms with E-state index in [2.05, 4.69) is 0 Å². The molecule has 122 valence electrons. The van der Waals surface area contributed by atoms with Gasteiger partial charge in [-0.05, 0) is 38.5 Å². The zero-order chi connectivity index (χ0) is 16.9. The third-order valence-corrected chi connectivity index (χ3v) is 2.92. The highest BCUT2D eigenvalue weighted by Crippen LogP contribution is 2.25. The number of benzene rings is 1. The van der Waals surface area contributed by atoms with E-state index >= 15 is 0 Å². The van der Waals surface area contributed by atoms with Gasteiger partial charge in [-0.1, -0.05) is 12.1 Å². The fraction of sp³-hybridized carbons (Fsp3) is 0.500. The second-order valence-corrected chi connectivity index (χ2v) is 5.79. The molecule has 0 spiro atoms. The predicted molar refractivity (Wildman–Crippen MR) is 81.7 cm³/mol. The summed E-state index contributed by atoms with van der Waals surface area (Å²) in [6.45, 7) is 5.29. The highest BCUT2D eigenvalue weighted by Gasteiger charge is 2.32. The molecule has 0 fully saturated rings. The molecule has 0 radical (unpaired) electrons. The van der Waals surface area contributed by atoms with E-state index in [-0.39, 0.29) is 0 Å². The van der Waals surface area contributed by atoms with E-state index in [9.17, 15) is 9.59 Å². The minimum absolute atomic E-state index is 0.543. The van der Waals surface area contributed by atoms with Crippen LogP contribution in [0.5, 0.6) is 5.75 Å². The summed E-state index contributed by atoms with van der Waals surface area (Å²) in [7, 11) is 4.33. The zero-order valence-corrected chi connectivity index (χ0v) is 13.9. The molecule has 0 heterocycles. The Bertz CT molecular complexity index is 518. The Morgan fingerprint density at radius 3 is 2.05 bits per heavy atom. The van der Waals surface area contributed by atoms with Gasteiger partial charge in [-0.2, -0.15) is 0 Å². The van der Waals surface area contributed by atoms with E-state index in [0.717, 1.165) is 0 Å². The van der Waals surface area contributed by atoms with E-state index in [4.69, 9.17) is 14.2 Å². The van der Waals surface area contributed by atoms with Crippen LogP contribution in [0.3, 0.4) is 0 Å². The number of rotatable bonds is 4. The van der Waals surface area contributed by atoms with Crippen molar-refractivity contribution in [1.82, 2.24) is 4.90 Å². The highest BCUT2D eigenvalue weighted by atomic mass is 16.6. The van der Waals surface area contributed by atoms with Crippen LogP contribution in [0.15, 0.2) is 24.3 Å². The molecule has 1 aromatic rings. The van der Waals surface area contributed by atoms with Gasteiger partial charge in [-0.3, -0.25) is 4.90 Å². The molecule has 0 N–H and O–H groups in total. The van der Waals surface area contributed by atoms with Crippen molar-refractivity contribution >= 4 is 12.1 Å². The summed E-state index contributed by atoms with van der Waals surface area (Å²) in [6, 6.07) is 5.97. The van der Waals surface area contributed by atoms with Crippen molar-refractivity contribution in [1.29, 1.82) is 0 Å². The second kappa shape index (κ2) is 7.15. The Hall–Kier alpha value is -2.24. The van der Waals surface area contributed by atoms with Gasteiger partial charge in [0.1, 0.15) is 11.4 Å². The first-order valence-electron chi connectivity index (χ1n) is 6.87. The molecule has 6 nitrogen and oxygen atoms in total. The number of esters is 1. The summed E-state index contributed by atoms with van der Waals surface area (Å²) < 4.78 is 15.2. The number of amides is 1. The Balaban J connectivity index is 3.06. The average molecular weight is 309 g/mol. The SMILES string of the molecule is COC(=O)[C@H](c1ccc(OC)cc1)N(C)C(=O)OC(C)(C)C. The lowest BCUT2D eigenvalue weighted by atomic mass is 10.1. The van der Waals surface area contributed by atoms with Crippen LogP contribution in [0.2, 0.25) is 0 Å². The van der Waals surface area contributed by atoms with Gasteiger partial charge in [0.15, 0.2) is 6.04 Å². The van der Waals surface area contributed by atoms with Gasteiger partial charge < -0.3 is 14.2 Å². The lowest BCUT2D eigenvalue weighted by Gasteiger charge is -2.29. The second-order valence-electron chi connectivity index (χ2n) is 5.79. The average Bonchev–Trinajstić information content (AvgIpc) is 2.46. The van der Waals surface area contributed by atoms with Gasteiger partial charge >= 0.3 is 12.1 Å². The summed E-state index contributed by atoms with van der Waals surface area (Å²) in [5, 5.41) is 0. The standard InChI is InChI=1S/C16H23NO5/c1-16(2,3)22-15(19)17(4)13(14(18)21-6)11-7-9-12(20-5)10-8-11/h7-10,13H,1-6H3/t13-/m0/s1. The first-order chi connectivity index (χ1) is 10.2. The number of methoxy groups -OCH3 is 2. The third kappa shape index (κ3) is 4.65. The molecule has 0 unspecified atom stereocenters. The lowest BCUT2D eigenvalue weighted by molar-refractivity contribution is -0.146. The maximum Gasteiger partial charge on any atom is 0.411 e. The van der Waals surface area contributed by atoms with Crippen LogP contribution >= 0.6 is 0 Å². The molecule has 0 aliphatic heterocycles. The van der Waals surface area contributed by atoms with Crippen molar-refractivity contribution in [3.05, 3.63) is 29.8 Å². The highest BCUT2D eigenvalue weighted by molar-refractivity contribution is 5.82. The maximum atomic E-state index is 12.2. The number of carbonyl (C=O) groups excluding carboxylic acids is 2. The molecule has 1 aromatic carbocycles. The molecule has 1 atom stereocenters. The number of carbonyl (C=O) groups is 2. The monoisotopic (exact) mass is 309 g/mol. The molecule has 0 saturated carbocycles. The summed E-state index contributed by atoms with van der Waals surface area (Å²) in [5.74, 6) is 0.116. The van der Waals surface area contributed by atoms with Crippen molar-refractivity contribution in [2.75, 3.05) is 21.3 Å². The van der Waals surface area contributed by atoms with Crippen LogP contribution in [-0.4, -0.2) is 43.8 Å². The first-order valence-corrected chi connectivity index (χ1v) is 6.87. The third-order valence-electron chi connectivity index (χ3n) is 2.92. The van der Waals surface area contributed by atoms with Crippen molar-refractivity contribution in [2.24, 2.45) is 0 Å². The Morgan fingerprint density at radius 1 is 1.09 bits per heavy atom. The van der Waals surface area contributed by atoms with Crippen molar-refractivity contribution in [3.8, 4) is 5.75 Å². The van der Waals surface area contributed by atoms with Gasteiger partial charge in [-0.15, -0.1) is 0 Å². The summed E-state index contributed by atoms with van der Waals surface area (Å²) in [5.41, 5.74) is -0.0349. The molecule has 0 aliphatic carbocycles. The van der Waals surface area contributed by atoms with Gasteiger partial charge in [0.05, 0.1) is 14.2 Å². The topological polar surface area (TPSA) is 65.1 Å². The zero-order valence-electron chi connectivity index (χ0n) is 13.9. The Labute approximate surface area is 131 Å². The number of likely N-dealkylation sites (N-methyl/N-ethyl adjacent to an activating group) is 1. The number of ether oxygens (including phenoxy) is 3. The number of nitrogens with zero attached hydrogens (tertiary/aromatic N) is 1. The van der Waals surface area contributed by atoms with Gasteiger partial charge in [-0.25, -0.2) is 9.59 Å². The van der Waals surface area contributed by atoms with Crippen LogP contribution in [-0.2, 0) is 14.3 Å². The largest absolute Gasteiger partial charge is 0.497 e. The quantitative estimate of drug-likeness (QED) is 0.800. The van der Waals surface area contributed by atoms with Crippen LogP contribution < -0.4 is 4.74 Å². The molecule has 0 bridgehead atoms. The molecule has 1 rings (SSSR count). The molecule has 6 heteroatoms. The van der Waals surface area contributed by atoms with Crippen molar-refractivity contribution in [2.45, 2.75) is 32.4 Å². The van der Waals surface area contributed by atoms with E-state index in [0.29, 0.717) is 11.3 Å². The Kier molecular flexibility index (Phi) is 5.79. The minimum Gasteiger partial charge on any atom is -0.497 e. The van der Waals surface area contributed by atoms with Gasteiger partial charge in [0.2, 0.25) is 0 Å². The smallest absolute Gasteiger partial charge is 0.411 e. The minimum atomic E-state index is -0.884. The van der Waals surface area contributed by atoms with Crippen LogP contribution in [0.1, 0.15) is 32.4 Å². The van der Waals surface area contributed by atoms with Gasteiger partial charge in [0.25, 0.3) is 0 Å². The lowest BCUT2D eigenvalue weighted by Crippen LogP contribution is -2.40. The summed E-state index contributed by atoms with van der Waals surface area (Å²) in [4.78, 5) is 25.5. The summed E-state index contributed by atoms with van der Waals surface area (Å²) >= 11 is 0. The molecule has 22 heavy (non-hydrogen) atoms. The van der Waals surface area contributed by atoms with Crippen molar-refractivity contribution < 1.29 is 23.8 Å². The van der Waals surface area contributed by atoms with E-state index in [1.54, 1.807) is 52.1 Å². The molecule has 0 saturated heterocycles. The Morgan fingerprint density at radius 2 is 1.64 bits per heavy atom. The maximum absolute atomic E-state index is 12.2. The summed E-state index contributed by atoms with van der Waals surface area (Å²) in [6.07, 6.45) is -0.598. The van der Waals surface area contributed by atoms with E-state index in [1.165, 1.54) is 19.1 Å². The van der Waals surface area contributed by atoms with E-state index < -0.39 is 23.7 Å². The van der Waals surface area contributed by atoms with Crippen LogP contribution in [0.4, 0.5) is 4.79 Å². The fourth-order valence-electron chi connectivity index (χ4n) is 1.85. The molecule has 1 amide bonds. The van der Waals surface area contributed by atoms with Crippen LogP contribution in [0.25, 0.3) is 0 Å². The number of hydrogen-bond donors (Lipinski definition) is 0. The predicted octanol–water partition coefficient (Wildman–Crippen LogP) is 2.78. The normalized spacial score (nSPS) is 12.3. The van der Waals surface area contributed by atoms with Crippen LogP contribution in [0, 0.1) is 0 Å². The molecule has 0 aromatic heterocycles. The first kappa shape index (κ1) is 17.8. The molecular weight excluding hydrogens is 286 g/mol. The molecule has 0 aliphatic rings. The molecular formula is C16H23NO5. The van der Waals surface area contributed by atoms with Crippen molar-refractivity contribution in [3.63, 3.8) is 0 Å².